The van der Waals surface area contributed by atoms with Crippen LogP contribution in [0.4, 0.5) is 4.79 Å². The van der Waals surface area contributed by atoms with Crippen LogP contribution in [0.1, 0.15) is 77.4 Å². The quantitative estimate of drug-likeness (QED) is 0.0684. The first-order valence-corrected chi connectivity index (χ1v) is 20.3. The molecule has 8 rings (SSSR count). The van der Waals surface area contributed by atoms with Gasteiger partial charge in [0.05, 0.1) is 17.7 Å². The highest BCUT2D eigenvalue weighted by Gasteiger charge is 2.37. The molecular formula is C46H53N5O7. The minimum atomic E-state index is -0.827. The zero-order valence-electron chi connectivity index (χ0n) is 32.9. The second-order valence-electron chi connectivity index (χ2n) is 15.2. The van der Waals surface area contributed by atoms with E-state index in [0.717, 1.165) is 62.0 Å². The average Bonchev–Trinajstić information content (AvgIpc) is 3.25. The molecule has 3 aliphatic heterocycles. The largest absolute Gasteiger partial charge is 0.506 e. The van der Waals surface area contributed by atoms with Crippen molar-refractivity contribution in [2.75, 3.05) is 45.8 Å². The number of nitrogens with one attached hydrogen (secondary N) is 3. The maximum Gasteiger partial charge on any atom is 0.408 e. The van der Waals surface area contributed by atoms with Crippen LogP contribution in [0.3, 0.4) is 0 Å². The number of aliphatic hydroxyl groups excluding tert-OH is 1. The molecule has 2 bridgehead atoms. The molecule has 304 valence electrons. The molecular weight excluding hydrogens is 735 g/mol. The van der Waals surface area contributed by atoms with E-state index in [0.29, 0.717) is 66.5 Å². The van der Waals surface area contributed by atoms with Gasteiger partial charge in [0.1, 0.15) is 24.2 Å². The third kappa shape index (κ3) is 10.1. The number of rotatable bonds is 17. The number of hydrogen-bond donors (Lipinski definition) is 5. The lowest BCUT2D eigenvalue weighted by Gasteiger charge is -2.43. The number of aromatic hydroxyl groups is 1. The molecule has 2 amide bonds. The van der Waals surface area contributed by atoms with Crippen molar-refractivity contribution in [3.8, 4) is 11.5 Å². The summed E-state index contributed by atoms with van der Waals surface area (Å²) >= 11 is 0. The molecule has 0 aliphatic carbocycles. The monoisotopic (exact) mass is 787 g/mol. The van der Waals surface area contributed by atoms with Crippen molar-refractivity contribution in [3.63, 3.8) is 0 Å². The van der Waals surface area contributed by atoms with Crippen molar-refractivity contribution >= 4 is 22.9 Å². The number of benzene rings is 4. The lowest BCUT2D eigenvalue weighted by molar-refractivity contribution is -0.0336. The molecule has 3 saturated heterocycles. The Morgan fingerprint density at radius 3 is 2.45 bits per heavy atom. The van der Waals surface area contributed by atoms with Crippen LogP contribution < -0.4 is 20.9 Å². The SMILES string of the molecule is CCN(CCCCNC[C@H](O)c1ccc(O)c2[nH]c(=O)ccc12)C(=O)c1ccc(COc2cccc([C@@H](NC(=O)O[C@@H]3CN4CCC3CC4)c3ccccc3)c2)cc1. The molecule has 1 aromatic heterocycles. The second kappa shape index (κ2) is 19.2. The third-order valence-electron chi connectivity index (χ3n) is 11.4. The highest BCUT2D eigenvalue weighted by molar-refractivity contribution is 5.94. The number of aliphatic hydroxyl groups is 1. The predicted molar refractivity (Wildman–Crippen MR) is 223 cm³/mol. The lowest BCUT2D eigenvalue weighted by Crippen LogP contribution is -2.52. The first-order valence-electron chi connectivity index (χ1n) is 20.3. The Morgan fingerprint density at radius 2 is 1.71 bits per heavy atom. The number of alkyl carbamates (subject to hydrolysis) is 1. The van der Waals surface area contributed by atoms with Gasteiger partial charge < -0.3 is 40.2 Å². The van der Waals surface area contributed by atoms with Crippen molar-refractivity contribution in [1.82, 2.24) is 25.4 Å². The van der Waals surface area contributed by atoms with Gasteiger partial charge in [-0.15, -0.1) is 0 Å². The number of amides is 2. The van der Waals surface area contributed by atoms with Gasteiger partial charge in [0, 0.05) is 43.2 Å². The number of carbonyl (C=O) groups excluding carboxylic acids is 2. The van der Waals surface area contributed by atoms with Crippen LogP contribution in [0.2, 0.25) is 0 Å². The Kier molecular flexibility index (Phi) is 13.4. The van der Waals surface area contributed by atoms with Crippen LogP contribution >= 0.6 is 0 Å². The number of phenols is 1. The van der Waals surface area contributed by atoms with Crippen LogP contribution in [-0.2, 0) is 11.3 Å². The van der Waals surface area contributed by atoms with E-state index in [-0.39, 0.29) is 23.3 Å². The maximum atomic E-state index is 13.4. The maximum absolute atomic E-state index is 13.4. The Morgan fingerprint density at radius 1 is 0.931 bits per heavy atom. The summed E-state index contributed by atoms with van der Waals surface area (Å²) in [6.45, 7) is 7.38. The van der Waals surface area contributed by atoms with Crippen LogP contribution in [0.25, 0.3) is 10.9 Å². The number of hydrogen-bond acceptors (Lipinski definition) is 9. The highest BCUT2D eigenvalue weighted by atomic mass is 16.6. The summed E-state index contributed by atoms with van der Waals surface area (Å²) in [4.78, 5) is 45.2. The van der Waals surface area contributed by atoms with Crippen molar-refractivity contribution < 1.29 is 29.3 Å². The lowest BCUT2D eigenvalue weighted by atomic mass is 9.86. The number of nitrogens with zero attached hydrogens (tertiary/aromatic N) is 2. The molecule has 3 fully saturated rings. The minimum absolute atomic E-state index is 0.0326. The van der Waals surface area contributed by atoms with E-state index in [4.69, 9.17) is 9.47 Å². The summed E-state index contributed by atoms with van der Waals surface area (Å²) in [6, 6.07) is 30.8. The summed E-state index contributed by atoms with van der Waals surface area (Å²) in [5.74, 6) is 1.01. The van der Waals surface area contributed by atoms with Gasteiger partial charge in [-0.3, -0.25) is 14.5 Å². The molecule has 5 aromatic rings. The van der Waals surface area contributed by atoms with E-state index in [1.165, 1.54) is 12.1 Å². The number of fused-ring (bicyclic) bond motifs is 4. The van der Waals surface area contributed by atoms with Crippen molar-refractivity contribution in [3.05, 3.63) is 141 Å². The fourth-order valence-corrected chi connectivity index (χ4v) is 8.07. The normalized spacial score (nSPS) is 18.3. The van der Waals surface area contributed by atoms with Gasteiger partial charge in [-0.05, 0) is 117 Å². The highest BCUT2D eigenvalue weighted by Crippen LogP contribution is 2.31. The molecule has 0 saturated carbocycles. The number of piperidine rings is 3. The topological polar surface area (TPSA) is 156 Å². The van der Waals surface area contributed by atoms with Gasteiger partial charge in [-0.1, -0.05) is 60.7 Å². The summed E-state index contributed by atoms with van der Waals surface area (Å²) < 4.78 is 12.2. The van der Waals surface area contributed by atoms with Gasteiger partial charge in [-0.25, -0.2) is 4.79 Å². The molecule has 4 heterocycles. The molecule has 58 heavy (non-hydrogen) atoms. The first kappa shape index (κ1) is 40.5. The number of aromatic amines is 1. The molecule has 12 nitrogen and oxygen atoms in total. The first-order chi connectivity index (χ1) is 28.2. The molecule has 12 heteroatoms. The molecule has 0 radical (unpaired) electrons. The molecule has 3 aliphatic rings. The Bertz CT molecular complexity index is 2200. The van der Waals surface area contributed by atoms with Gasteiger partial charge in [-0.2, -0.15) is 0 Å². The Balaban J connectivity index is 0.874. The fourth-order valence-electron chi connectivity index (χ4n) is 8.07. The van der Waals surface area contributed by atoms with Gasteiger partial charge in [0.15, 0.2) is 0 Å². The summed E-state index contributed by atoms with van der Waals surface area (Å²) in [5.41, 5.74) is 3.96. The standard InChI is InChI=1S/C46H53N5O7/c1-2-51(24-7-6-23-47-28-40(53)37-17-19-39(52)44-38(37)18-20-42(54)48-44)45(55)34-15-13-31(14-16-34)30-57-36-12-8-11-35(27-36)43(33-9-4-3-5-10-33)49-46(56)58-41-29-50-25-21-32(41)22-26-50/h3-5,8-20,27,32,40-41,43,47,52-53H,2,6-7,21-26,28-30H2,1H3,(H,48,54)(H,49,56)/t40-,41+,43-/m0/s1. The van der Waals surface area contributed by atoms with E-state index < -0.39 is 18.2 Å². The number of phenolic OH excluding ortho intramolecular Hbond substituents is 1. The summed E-state index contributed by atoms with van der Waals surface area (Å²) in [7, 11) is 0. The Labute approximate surface area is 338 Å². The van der Waals surface area contributed by atoms with Crippen molar-refractivity contribution in [1.29, 1.82) is 0 Å². The number of ether oxygens (including phenoxy) is 2. The number of carbonyl (C=O) groups is 2. The average molecular weight is 788 g/mol. The van der Waals surface area contributed by atoms with Crippen LogP contribution in [0, 0.1) is 5.92 Å². The summed E-state index contributed by atoms with van der Waals surface area (Å²) in [5, 5.41) is 27.9. The van der Waals surface area contributed by atoms with E-state index in [9.17, 15) is 24.6 Å². The smallest absolute Gasteiger partial charge is 0.408 e. The van der Waals surface area contributed by atoms with Gasteiger partial charge >= 0.3 is 6.09 Å². The Hall–Kier alpha value is -5.69. The zero-order chi connectivity index (χ0) is 40.4. The number of unbranched alkanes of at least 4 members (excludes halogenated alkanes) is 1. The van der Waals surface area contributed by atoms with Gasteiger partial charge in [0.25, 0.3) is 5.91 Å². The summed E-state index contributed by atoms with van der Waals surface area (Å²) in [6.07, 6.45) is 2.41. The number of pyridine rings is 1. The number of aromatic nitrogens is 1. The minimum Gasteiger partial charge on any atom is -0.506 e. The van der Waals surface area contributed by atoms with Crippen LogP contribution in [-0.4, -0.2) is 88.9 Å². The molecule has 3 atom stereocenters. The van der Waals surface area contributed by atoms with Crippen LogP contribution in [0.5, 0.6) is 11.5 Å². The fraction of sp³-hybridized carbons (Fsp3) is 0.370. The molecule has 5 N–H and O–H groups in total. The molecule has 0 unspecified atom stereocenters. The van der Waals surface area contributed by atoms with E-state index in [2.05, 4.69) is 20.5 Å². The second-order valence-corrected chi connectivity index (χ2v) is 15.2. The van der Waals surface area contributed by atoms with Crippen molar-refractivity contribution in [2.45, 2.75) is 57.5 Å². The van der Waals surface area contributed by atoms with E-state index >= 15 is 0 Å². The third-order valence-corrected chi connectivity index (χ3v) is 11.4. The molecule has 0 spiro atoms. The molecule has 4 aromatic carbocycles. The van der Waals surface area contributed by atoms with E-state index in [1.807, 2.05) is 90.7 Å². The number of H-pyrrole nitrogens is 1. The van der Waals surface area contributed by atoms with Crippen LogP contribution in [0.15, 0.2) is 108 Å². The zero-order valence-corrected chi connectivity index (χ0v) is 32.9. The van der Waals surface area contributed by atoms with E-state index in [1.54, 1.807) is 12.1 Å². The van der Waals surface area contributed by atoms with Crippen molar-refractivity contribution in [2.24, 2.45) is 5.92 Å². The predicted octanol–water partition coefficient (Wildman–Crippen LogP) is 6.29. The van der Waals surface area contributed by atoms with Gasteiger partial charge in [0.2, 0.25) is 5.56 Å².